The SMILES string of the molecule is N[C@@H]1CCN(C(=O)c2cc(F)cc([N+](=O)[O-])c2)C1. The number of amides is 1. The molecule has 0 unspecified atom stereocenters. The summed E-state index contributed by atoms with van der Waals surface area (Å²) in [7, 11) is 0. The molecule has 2 N–H and O–H groups in total. The molecule has 1 amide bonds. The van der Waals surface area contributed by atoms with E-state index in [1.165, 1.54) is 4.90 Å². The number of nitrogens with zero attached hydrogens (tertiary/aromatic N) is 2. The van der Waals surface area contributed by atoms with Crippen LogP contribution < -0.4 is 5.73 Å². The molecule has 0 aromatic heterocycles. The molecule has 1 saturated heterocycles. The van der Waals surface area contributed by atoms with Gasteiger partial charge in [-0.05, 0) is 12.5 Å². The zero-order valence-corrected chi connectivity index (χ0v) is 9.51. The molecule has 1 fully saturated rings. The quantitative estimate of drug-likeness (QED) is 0.626. The molecule has 1 aliphatic heterocycles. The van der Waals surface area contributed by atoms with Gasteiger partial charge in [0.05, 0.1) is 11.0 Å². The maximum Gasteiger partial charge on any atom is 0.273 e. The second kappa shape index (κ2) is 4.69. The number of hydrogen-bond donors (Lipinski definition) is 1. The average molecular weight is 253 g/mol. The first kappa shape index (κ1) is 12.4. The molecule has 0 aliphatic carbocycles. The summed E-state index contributed by atoms with van der Waals surface area (Å²) in [6, 6.07) is 2.78. The fourth-order valence-corrected chi connectivity index (χ4v) is 1.96. The molecular weight excluding hydrogens is 241 g/mol. The monoisotopic (exact) mass is 253 g/mol. The molecule has 18 heavy (non-hydrogen) atoms. The maximum atomic E-state index is 13.2. The van der Waals surface area contributed by atoms with Gasteiger partial charge in [0, 0.05) is 30.8 Å². The van der Waals surface area contributed by atoms with Gasteiger partial charge in [0.2, 0.25) is 0 Å². The first-order chi connectivity index (χ1) is 8.47. The number of nitro benzene ring substituents is 1. The van der Waals surface area contributed by atoms with Crippen molar-refractivity contribution < 1.29 is 14.1 Å². The van der Waals surface area contributed by atoms with Crippen LogP contribution in [0.15, 0.2) is 18.2 Å². The molecule has 2 rings (SSSR count). The number of carbonyl (C=O) groups excluding carboxylic acids is 1. The van der Waals surface area contributed by atoms with Crippen LogP contribution in [0.5, 0.6) is 0 Å². The summed E-state index contributed by atoms with van der Waals surface area (Å²) in [6.07, 6.45) is 0.684. The van der Waals surface area contributed by atoms with Crippen LogP contribution in [0.25, 0.3) is 0 Å². The zero-order chi connectivity index (χ0) is 13.3. The van der Waals surface area contributed by atoms with Crippen LogP contribution in [-0.4, -0.2) is 34.9 Å². The summed E-state index contributed by atoms with van der Waals surface area (Å²) in [5.74, 6) is -1.22. The third kappa shape index (κ3) is 2.45. The molecule has 1 aromatic rings. The third-order valence-corrected chi connectivity index (χ3v) is 2.85. The smallest absolute Gasteiger partial charge is 0.273 e. The van der Waals surface area contributed by atoms with Crippen molar-refractivity contribution in [1.82, 2.24) is 4.90 Å². The molecule has 96 valence electrons. The van der Waals surface area contributed by atoms with E-state index >= 15 is 0 Å². The minimum absolute atomic E-state index is 0.0178. The Balaban J connectivity index is 2.27. The van der Waals surface area contributed by atoms with Crippen molar-refractivity contribution in [2.75, 3.05) is 13.1 Å². The zero-order valence-electron chi connectivity index (χ0n) is 9.51. The lowest BCUT2D eigenvalue weighted by Gasteiger charge is -2.15. The van der Waals surface area contributed by atoms with Crippen molar-refractivity contribution in [3.05, 3.63) is 39.7 Å². The lowest BCUT2D eigenvalue weighted by molar-refractivity contribution is -0.385. The number of non-ortho nitro benzene ring substituents is 1. The second-order valence-electron chi connectivity index (χ2n) is 4.26. The van der Waals surface area contributed by atoms with Gasteiger partial charge in [-0.2, -0.15) is 0 Å². The summed E-state index contributed by atoms with van der Waals surface area (Å²) in [6.45, 7) is 0.882. The number of nitro groups is 1. The Bertz CT molecular complexity index is 506. The summed E-state index contributed by atoms with van der Waals surface area (Å²) >= 11 is 0. The Kier molecular flexibility index (Phi) is 3.24. The van der Waals surface area contributed by atoms with Gasteiger partial charge in [-0.25, -0.2) is 4.39 Å². The van der Waals surface area contributed by atoms with Crippen molar-refractivity contribution in [2.24, 2.45) is 5.73 Å². The minimum atomic E-state index is -0.795. The topological polar surface area (TPSA) is 89.5 Å². The highest BCUT2D eigenvalue weighted by Gasteiger charge is 2.26. The minimum Gasteiger partial charge on any atom is -0.337 e. The molecule has 1 heterocycles. The van der Waals surface area contributed by atoms with Crippen LogP contribution in [0.2, 0.25) is 0 Å². The highest BCUT2D eigenvalue weighted by Crippen LogP contribution is 2.19. The van der Waals surface area contributed by atoms with E-state index in [0.29, 0.717) is 19.5 Å². The maximum absolute atomic E-state index is 13.2. The van der Waals surface area contributed by atoms with E-state index in [4.69, 9.17) is 5.73 Å². The van der Waals surface area contributed by atoms with Gasteiger partial charge in [-0.3, -0.25) is 14.9 Å². The molecule has 1 atom stereocenters. The van der Waals surface area contributed by atoms with E-state index in [-0.39, 0.29) is 11.6 Å². The van der Waals surface area contributed by atoms with Crippen molar-refractivity contribution in [2.45, 2.75) is 12.5 Å². The number of halogens is 1. The van der Waals surface area contributed by atoms with E-state index in [1.807, 2.05) is 0 Å². The van der Waals surface area contributed by atoms with E-state index in [1.54, 1.807) is 0 Å². The van der Waals surface area contributed by atoms with Crippen molar-refractivity contribution in [1.29, 1.82) is 0 Å². The average Bonchev–Trinajstić information content (AvgIpc) is 2.74. The van der Waals surface area contributed by atoms with Gasteiger partial charge in [0.25, 0.3) is 11.6 Å². The van der Waals surface area contributed by atoms with E-state index in [0.717, 1.165) is 18.2 Å². The number of likely N-dealkylation sites (tertiary alicyclic amines) is 1. The molecule has 0 saturated carbocycles. The Morgan fingerprint density at radius 2 is 2.22 bits per heavy atom. The second-order valence-corrected chi connectivity index (χ2v) is 4.26. The van der Waals surface area contributed by atoms with Gasteiger partial charge >= 0.3 is 0 Å². The van der Waals surface area contributed by atoms with Gasteiger partial charge in [0.15, 0.2) is 0 Å². The summed E-state index contributed by atoms with van der Waals surface area (Å²) in [5.41, 5.74) is 5.23. The molecule has 0 radical (unpaired) electrons. The van der Waals surface area contributed by atoms with Gasteiger partial charge < -0.3 is 10.6 Å². The molecule has 0 bridgehead atoms. The van der Waals surface area contributed by atoms with E-state index in [2.05, 4.69) is 0 Å². The van der Waals surface area contributed by atoms with Crippen molar-refractivity contribution in [3.63, 3.8) is 0 Å². The first-order valence-electron chi connectivity index (χ1n) is 5.47. The van der Waals surface area contributed by atoms with Gasteiger partial charge in [-0.1, -0.05) is 0 Å². The summed E-state index contributed by atoms with van der Waals surface area (Å²) < 4.78 is 13.2. The predicted molar refractivity (Wildman–Crippen MR) is 61.6 cm³/mol. The van der Waals surface area contributed by atoms with Gasteiger partial charge in [-0.15, -0.1) is 0 Å². The molecule has 6 nitrogen and oxygen atoms in total. The number of hydrogen-bond acceptors (Lipinski definition) is 4. The first-order valence-corrected chi connectivity index (χ1v) is 5.47. The molecule has 1 aromatic carbocycles. The number of rotatable bonds is 2. The lowest BCUT2D eigenvalue weighted by atomic mass is 10.1. The normalized spacial score (nSPS) is 19.0. The predicted octanol–water partition coefficient (Wildman–Crippen LogP) is 0.907. The van der Waals surface area contributed by atoms with Crippen molar-refractivity contribution >= 4 is 11.6 Å². The molecule has 1 aliphatic rings. The summed E-state index contributed by atoms with van der Waals surface area (Å²) in [5, 5.41) is 10.6. The standard InChI is InChI=1S/C11H12FN3O3/c12-8-3-7(4-10(5-8)15(17)18)11(16)14-2-1-9(13)6-14/h3-5,9H,1-2,6,13H2/t9-/m1/s1. The van der Waals surface area contributed by atoms with Crippen LogP contribution in [-0.2, 0) is 0 Å². The van der Waals surface area contributed by atoms with Crippen LogP contribution in [0.3, 0.4) is 0 Å². The van der Waals surface area contributed by atoms with Crippen LogP contribution in [0.1, 0.15) is 16.8 Å². The van der Waals surface area contributed by atoms with Gasteiger partial charge in [0.1, 0.15) is 5.82 Å². The van der Waals surface area contributed by atoms with Crippen molar-refractivity contribution in [3.8, 4) is 0 Å². The van der Waals surface area contributed by atoms with E-state index in [9.17, 15) is 19.3 Å². The fourth-order valence-electron chi connectivity index (χ4n) is 1.96. The Hall–Kier alpha value is -2.02. The molecule has 7 heteroatoms. The van der Waals surface area contributed by atoms with Crippen LogP contribution >= 0.6 is 0 Å². The lowest BCUT2D eigenvalue weighted by Crippen LogP contribution is -2.31. The number of nitrogens with two attached hydrogens (primary N) is 1. The van der Waals surface area contributed by atoms with Crippen LogP contribution in [0.4, 0.5) is 10.1 Å². The van der Waals surface area contributed by atoms with E-state index < -0.39 is 22.3 Å². The number of benzene rings is 1. The Labute approximate surface area is 102 Å². The summed E-state index contributed by atoms with van der Waals surface area (Å²) in [4.78, 5) is 23.3. The highest BCUT2D eigenvalue weighted by molar-refractivity contribution is 5.95. The fraction of sp³-hybridized carbons (Fsp3) is 0.364. The van der Waals surface area contributed by atoms with Crippen LogP contribution in [0, 0.1) is 15.9 Å². The Morgan fingerprint density at radius 3 is 2.78 bits per heavy atom. The Morgan fingerprint density at radius 1 is 1.50 bits per heavy atom. The number of carbonyl (C=O) groups is 1. The third-order valence-electron chi connectivity index (χ3n) is 2.85. The largest absolute Gasteiger partial charge is 0.337 e. The molecule has 0 spiro atoms. The highest BCUT2D eigenvalue weighted by atomic mass is 19.1. The molecular formula is C11H12FN3O3.